The van der Waals surface area contributed by atoms with E-state index in [9.17, 15) is 0 Å². The Labute approximate surface area is 219 Å². The summed E-state index contributed by atoms with van der Waals surface area (Å²) in [6, 6.07) is 8.33. The highest BCUT2D eigenvalue weighted by Crippen LogP contribution is 2.40. The van der Waals surface area contributed by atoms with E-state index in [0.717, 1.165) is 52.6 Å². The fourth-order valence-electron chi connectivity index (χ4n) is 5.19. The summed E-state index contributed by atoms with van der Waals surface area (Å²) in [7, 11) is 0. The monoisotopic (exact) mass is 499 g/mol. The third kappa shape index (κ3) is 5.39. The van der Waals surface area contributed by atoms with Crippen LogP contribution in [0.15, 0.2) is 42.9 Å². The van der Waals surface area contributed by atoms with Gasteiger partial charge in [-0.3, -0.25) is 0 Å². The molecule has 0 bridgehead atoms. The quantitative estimate of drug-likeness (QED) is 0.464. The molecule has 5 N–H and O–H groups in total. The minimum absolute atomic E-state index is 0.0665. The minimum atomic E-state index is -0.364. The van der Waals surface area contributed by atoms with E-state index in [-0.39, 0.29) is 11.0 Å². The van der Waals surface area contributed by atoms with Crippen molar-refractivity contribution in [1.82, 2.24) is 15.0 Å². The van der Waals surface area contributed by atoms with Crippen LogP contribution in [-0.2, 0) is 13.0 Å². The van der Waals surface area contributed by atoms with Gasteiger partial charge in [0.1, 0.15) is 30.3 Å². The molecule has 5 rings (SSSR count). The second-order valence-corrected chi connectivity index (χ2v) is 11.6. The van der Waals surface area contributed by atoms with Crippen LogP contribution in [0.5, 0.6) is 5.75 Å². The van der Waals surface area contributed by atoms with Crippen molar-refractivity contribution < 1.29 is 4.74 Å². The van der Waals surface area contributed by atoms with E-state index >= 15 is 0 Å². The normalized spacial score (nSPS) is 16.7. The van der Waals surface area contributed by atoms with E-state index in [0.29, 0.717) is 25.5 Å². The topological polar surface area (TPSA) is 115 Å². The summed E-state index contributed by atoms with van der Waals surface area (Å²) in [6.07, 6.45) is 6.72. The highest BCUT2D eigenvalue weighted by molar-refractivity contribution is 5.74. The zero-order chi connectivity index (χ0) is 26.4. The lowest BCUT2D eigenvalue weighted by atomic mass is 9.78. The standard InChI is InChI=1S/C29H37N7O/c1-18-12-28(2,3)13-22-25(18)34-17-35-27(22)36-8-9-37-24-7-6-19(10-21(24)15-36)20-11-23(26(30)32-14-20)33-16-29(4,5)31/h6-7,10-12,14,17,33H,8-9,13,15-16,31H2,1-5H3,(H2,30,32). The van der Waals surface area contributed by atoms with Crippen LogP contribution >= 0.6 is 0 Å². The Hall–Kier alpha value is -3.65. The van der Waals surface area contributed by atoms with Crippen molar-refractivity contribution in [2.24, 2.45) is 11.1 Å². The maximum Gasteiger partial charge on any atom is 0.146 e. The number of hydrogen-bond acceptors (Lipinski definition) is 8. The van der Waals surface area contributed by atoms with Crippen LogP contribution in [0.25, 0.3) is 16.7 Å². The van der Waals surface area contributed by atoms with Crippen molar-refractivity contribution in [1.29, 1.82) is 0 Å². The van der Waals surface area contributed by atoms with Gasteiger partial charge < -0.3 is 26.4 Å². The molecule has 8 nitrogen and oxygen atoms in total. The highest BCUT2D eigenvalue weighted by Gasteiger charge is 2.30. The number of fused-ring (bicyclic) bond motifs is 2. The molecule has 0 fully saturated rings. The van der Waals surface area contributed by atoms with Crippen LogP contribution in [0.1, 0.15) is 51.4 Å². The summed E-state index contributed by atoms with van der Waals surface area (Å²) in [5.41, 5.74) is 19.4. The number of ether oxygens (including phenoxy) is 1. The van der Waals surface area contributed by atoms with Crippen molar-refractivity contribution >= 4 is 22.9 Å². The van der Waals surface area contributed by atoms with Crippen LogP contribution in [0.4, 0.5) is 17.3 Å². The Morgan fingerprint density at radius 1 is 1.14 bits per heavy atom. The van der Waals surface area contributed by atoms with Gasteiger partial charge in [-0.05, 0) is 61.9 Å². The van der Waals surface area contributed by atoms with Gasteiger partial charge in [-0.15, -0.1) is 0 Å². The van der Waals surface area contributed by atoms with Gasteiger partial charge in [0.15, 0.2) is 0 Å². The molecule has 194 valence electrons. The molecule has 8 heteroatoms. The largest absolute Gasteiger partial charge is 0.491 e. The van der Waals surface area contributed by atoms with Gasteiger partial charge in [-0.2, -0.15) is 0 Å². The molecule has 0 saturated heterocycles. The molecule has 2 aromatic heterocycles. The Balaban J connectivity index is 1.46. The Morgan fingerprint density at radius 3 is 2.73 bits per heavy atom. The van der Waals surface area contributed by atoms with Crippen LogP contribution in [0.3, 0.4) is 0 Å². The van der Waals surface area contributed by atoms with Crippen molar-refractivity contribution in [3.05, 3.63) is 59.7 Å². The summed E-state index contributed by atoms with van der Waals surface area (Å²) < 4.78 is 6.16. The summed E-state index contributed by atoms with van der Waals surface area (Å²) in [5.74, 6) is 2.35. The van der Waals surface area contributed by atoms with E-state index in [1.54, 1.807) is 6.33 Å². The number of nitrogens with two attached hydrogens (primary N) is 2. The fourth-order valence-corrected chi connectivity index (χ4v) is 5.19. The minimum Gasteiger partial charge on any atom is -0.491 e. The molecular weight excluding hydrogens is 462 g/mol. The molecule has 0 radical (unpaired) electrons. The molecule has 1 aromatic carbocycles. The molecular formula is C29H37N7O. The average Bonchev–Trinajstić information content (AvgIpc) is 3.04. The van der Waals surface area contributed by atoms with E-state index < -0.39 is 0 Å². The summed E-state index contributed by atoms with van der Waals surface area (Å²) in [6.45, 7) is 13.2. The number of anilines is 3. The molecule has 37 heavy (non-hydrogen) atoms. The number of nitrogen functional groups attached to an aromatic ring is 1. The summed E-state index contributed by atoms with van der Waals surface area (Å²) in [4.78, 5) is 16.1. The molecule has 3 aromatic rings. The second-order valence-electron chi connectivity index (χ2n) is 11.6. The number of hydrogen-bond donors (Lipinski definition) is 3. The number of nitrogens with one attached hydrogen (secondary N) is 1. The Morgan fingerprint density at radius 2 is 1.95 bits per heavy atom. The third-order valence-electron chi connectivity index (χ3n) is 6.86. The van der Waals surface area contributed by atoms with E-state index in [1.165, 1.54) is 11.1 Å². The van der Waals surface area contributed by atoms with Gasteiger partial charge in [0.25, 0.3) is 0 Å². The van der Waals surface area contributed by atoms with Crippen LogP contribution in [0.2, 0.25) is 0 Å². The maximum atomic E-state index is 6.16. The lowest BCUT2D eigenvalue weighted by Gasteiger charge is -2.32. The van der Waals surface area contributed by atoms with Crippen LogP contribution < -0.4 is 26.4 Å². The van der Waals surface area contributed by atoms with Gasteiger partial charge >= 0.3 is 0 Å². The van der Waals surface area contributed by atoms with Crippen molar-refractivity contribution in [3.8, 4) is 16.9 Å². The van der Waals surface area contributed by atoms with E-state index in [4.69, 9.17) is 21.2 Å². The van der Waals surface area contributed by atoms with Crippen LogP contribution in [0, 0.1) is 5.41 Å². The highest BCUT2D eigenvalue weighted by atomic mass is 16.5. The zero-order valence-corrected chi connectivity index (χ0v) is 22.4. The number of aromatic nitrogens is 3. The molecule has 0 unspecified atom stereocenters. The summed E-state index contributed by atoms with van der Waals surface area (Å²) >= 11 is 0. The molecule has 0 saturated carbocycles. The third-order valence-corrected chi connectivity index (χ3v) is 6.86. The SMILES string of the molecule is CC1=CC(C)(C)Cc2c1ncnc2N1CCOc2ccc(-c3cnc(N)c(NCC(C)(C)N)c3)cc2C1. The first kappa shape index (κ1) is 25.0. The number of pyridine rings is 1. The molecule has 0 spiro atoms. The molecule has 0 amide bonds. The predicted molar refractivity (Wildman–Crippen MR) is 151 cm³/mol. The van der Waals surface area contributed by atoms with Gasteiger partial charge in [0.05, 0.1) is 17.9 Å². The van der Waals surface area contributed by atoms with Crippen LogP contribution in [-0.4, -0.2) is 40.2 Å². The van der Waals surface area contributed by atoms with Gasteiger partial charge in [-0.25, -0.2) is 15.0 Å². The van der Waals surface area contributed by atoms with Gasteiger partial charge in [-0.1, -0.05) is 26.0 Å². The molecule has 2 aliphatic rings. The maximum absolute atomic E-state index is 6.16. The zero-order valence-electron chi connectivity index (χ0n) is 22.4. The first-order valence-electron chi connectivity index (χ1n) is 12.8. The summed E-state index contributed by atoms with van der Waals surface area (Å²) in [5, 5.41) is 3.34. The van der Waals surface area contributed by atoms with Crippen molar-refractivity contribution in [2.45, 2.75) is 53.1 Å². The molecule has 1 aliphatic carbocycles. The smallest absolute Gasteiger partial charge is 0.146 e. The first-order valence-corrected chi connectivity index (χ1v) is 12.8. The number of nitrogens with zero attached hydrogens (tertiary/aromatic N) is 4. The second kappa shape index (κ2) is 9.34. The van der Waals surface area contributed by atoms with Crippen molar-refractivity contribution in [3.63, 3.8) is 0 Å². The molecule has 3 heterocycles. The van der Waals surface area contributed by atoms with E-state index in [2.05, 4.69) is 59.2 Å². The molecule has 0 atom stereocenters. The number of benzene rings is 1. The average molecular weight is 500 g/mol. The van der Waals surface area contributed by atoms with E-state index in [1.807, 2.05) is 32.2 Å². The lowest BCUT2D eigenvalue weighted by Crippen LogP contribution is -2.39. The lowest BCUT2D eigenvalue weighted by molar-refractivity contribution is 0.331. The Bertz CT molecular complexity index is 1360. The number of allylic oxidation sites excluding steroid dienone is 2. The first-order chi connectivity index (χ1) is 17.5. The Kier molecular flexibility index (Phi) is 6.31. The molecule has 1 aliphatic heterocycles. The van der Waals surface area contributed by atoms with Crippen molar-refractivity contribution in [2.75, 3.05) is 35.6 Å². The van der Waals surface area contributed by atoms with Gasteiger partial charge in [0, 0.05) is 41.5 Å². The number of rotatable bonds is 5. The van der Waals surface area contributed by atoms with Gasteiger partial charge in [0.2, 0.25) is 0 Å². The fraction of sp³-hybridized carbons (Fsp3) is 0.414. The predicted octanol–water partition coefficient (Wildman–Crippen LogP) is 4.65.